The summed E-state index contributed by atoms with van der Waals surface area (Å²) in [5.74, 6) is 0.723. The van der Waals surface area contributed by atoms with Crippen molar-refractivity contribution in [1.82, 2.24) is 20.0 Å². The maximum Gasteiger partial charge on any atom is 0.176 e. The summed E-state index contributed by atoms with van der Waals surface area (Å²) in [6.45, 7) is 0. The molecular weight excluding hydrogens is 178 g/mol. The molecule has 2 heterocycles. The predicted molar refractivity (Wildman–Crippen MR) is 53.5 cm³/mol. The predicted octanol–water partition coefficient (Wildman–Crippen LogP) is 0.728. The van der Waals surface area contributed by atoms with Crippen LogP contribution in [0.5, 0.6) is 0 Å². The molecule has 0 aliphatic rings. The van der Waals surface area contributed by atoms with Gasteiger partial charge in [-0.3, -0.25) is 0 Å². The second-order valence-electron chi connectivity index (χ2n) is 3.09. The van der Waals surface area contributed by atoms with Gasteiger partial charge in [0, 0.05) is 32.0 Å². The monoisotopic (exact) mass is 189 g/mol. The summed E-state index contributed by atoms with van der Waals surface area (Å²) >= 11 is 0. The van der Waals surface area contributed by atoms with Crippen LogP contribution < -0.4 is 4.90 Å². The van der Waals surface area contributed by atoms with Gasteiger partial charge in [0.1, 0.15) is 0 Å². The minimum atomic E-state index is 0.723. The number of hydrogen-bond acceptors (Lipinski definition) is 4. The van der Waals surface area contributed by atoms with E-state index in [-0.39, 0.29) is 0 Å². The zero-order valence-corrected chi connectivity index (χ0v) is 8.12. The molecular formula is C9H11N5. The fourth-order valence-corrected chi connectivity index (χ4v) is 1.13. The maximum atomic E-state index is 4.18. The van der Waals surface area contributed by atoms with Crippen molar-refractivity contribution >= 4 is 5.69 Å². The molecule has 0 fully saturated rings. The molecule has 0 spiro atoms. The van der Waals surface area contributed by atoms with Crippen molar-refractivity contribution in [3.63, 3.8) is 0 Å². The van der Waals surface area contributed by atoms with E-state index in [0.29, 0.717) is 0 Å². The van der Waals surface area contributed by atoms with Gasteiger partial charge < -0.3 is 4.90 Å². The van der Waals surface area contributed by atoms with E-state index in [1.807, 2.05) is 31.1 Å². The summed E-state index contributed by atoms with van der Waals surface area (Å²) in [5.41, 5.74) is 1.08. The summed E-state index contributed by atoms with van der Waals surface area (Å²) in [4.78, 5) is 7.68. The van der Waals surface area contributed by atoms with Crippen molar-refractivity contribution in [1.29, 1.82) is 0 Å². The average Bonchev–Trinajstić information content (AvgIpc) is 2.71. The summed E-state index contributed by atoms with van der Waals surface area (Å²) in [6.07, 6.45) is 5.00. The second-order valence-corrected chi connectivity index (χ2v) is 3.09. The Morgan fingerprint density at radius 2 is 1.86 bits per heavy atom. The molecule has 0 unspecified atom stereocenters. The molecule has 72 valence electrons. The molecule has 2 rings (SSSR count). The van der Waals surface area contributed by atoms with E-state index in [9.17, 15) is 0 Å². The van der Waals surface area contributed by atoms with Gasteiger partial charge in [0.25, 0.3) is 0 Å². The van der Waals surface area contributed by atoms with E-state index < -0.39 is 0 Å². The highest BCUT2D eigenvalue weighted by Gasteiger charge is 2.01. The van der Waals surface area contributed by atoms with Gasteiger partial charge in [-0.15, -0.1) is 4.80 Å². The van der Waals surface area contributed by atoms with E-state index in [4.69, 9.17) is 0 Å². The Hall–Kier alpha value is -1.91. The number of rotatable bonds is 2. The van der Waals surface area contributed by atoms with Gasteiger partial charge in [0.2, 0.25) is 0 Å². The Labute approximate surface area is 82.0 Å². The first kappa shape index (κ1) is 8.68. The van der Waals surface area contributed by atoms with Crippen LogP contribution in [0.15, 0.2) is 30.7 Å². The van der Waals surface area contributed by atoms with Crippen LogP contribution in [-0.2, 0) is 0 Å². The molecule has 2 aromatic heterocycles. The second kappa shape index (κ2) is 3.45. The molecule has 0 aliphatic heterocycles. The van der Waals surface area contributed by atoms with Gasteiger partial charge in [-0.25, -0.2) is 4.98 Å². The highest BCUT2D eigenvalue weighted by molar-refractivity contribution is 5.47. The molecule has 0 N–H and O–H groups in total. The Morgan fingerprint density at radius 3 is 2.50 bits per heavy atom. The van der Waals surface area contributed by atoms with Crippen LogP contribution in [0.2, 0.25) is 0 Å². The van der Waals surface area contributed by atoms with Gasteiger partial charge in [-0.05, 0) is 6.07 Å². The first-order chi connectivity index (χ1) is 6.77. The largest absolute Gasteiger partial charge is 0.378 e. The molecule has 0 aliphatic carbocycles. The summed E-state index contributed by atoms with van der Waals surface area (Å²) in [5, 5.41) is 8.02. The van der Waals surface area contributed by atoms with Crippen molar-refractivity contribution in [2.75, 3.05) is 19.0 Å². The lowest BCUT2D eigenvalue weighted by Gasteiger charge is -2.12. The van der Waals surface area contributed by atoms with E-state index in [1.54, 1.807) is 18.6 Å². The van der Waals surface area contributed by atoms with Crippen LogP contribution in [0.1, 0.15) is 0 Å². The maximum absolute atomic E-state index is 4.18. The van der Waals surface area contributed by atoms with Gasteiger partial charge >= 0.3 is 0 Å². The third-order valence-corrected chi connectivity index (χ3v) is 1.87. The van der Waals surface area contributed by atoms with Crippen molar-refractivity contribution in [3.05, 3.63) is 30.7 Å². The zero-order valence-electron chi connectivity index (χ0n) is 8.12. The minimum Gasteiger partial charge on any atom is -0.378 e. The molecule has 0 amide bonds. The van der Waals surface area contributed by atoms with E-state index in [0.717, 1.165) is 11.5 Å². The third kappa shape index (κ3) is 1.56. The quantitative estimate of drug-likeness (QED) is 0.698. The van der Waals surface area contributed by atoms with Crippen molar-refractivity contribution in [2.24, 2.45) is 0 Å². The molecule has 0 saturated carbocycles. The lowest BCUT2D eigenvalue weighted by atomic mass is 10.4. The van der Waals surface area contributed by atoms with Crippen molar-refractivity contribution < 1.29 is 0 Å². The number of anilines is 1. The molecule has 0 atom stereocenters. The number of nitrogens with zero attached hydrogens (tertiary/aromatic N) is 5. The van der Waals surface area contributed by atoms with Crippen LogP contribution >= 0.6 is 0 Å². The van der Waals surface area contributed by atoms with E-state index in [2.05, 4.69) is 15.2 Å². The van der Waals surface area contributed by atoms with Crippen molar-refractivity contribution in [2.45, 2.75) is 0 Å². The molecule has 5 nitrogen and oxygen atoms in total. The lowest BCUT2D eigenvalue weighted by Crippen LogP contribution is -2.10. The summed E-state index contributed by atoms with van der Waals surface area (Å²) < 4.78 is 0. The fourth-order valence-electron chi connectivity index (χ4n) is 1.13. The highest BCUT2D eigenvalue weighted by atomic mass is 15.5. The third-order valence-electron chi connectivity index (χ3n) is 1.87. The Kier molecular flexibility index (Phi) is 2.14. The van der Waals surface area contributed by atoms with Crippen LogP contribution in [-0.4, -0.2) is 34.1 Å². The highest BCUT2D eigenvalue weighted by Crippen LogP contribution is 2.12. The zero-order chi connectivity index (χ0) is 9.97. The Bertz CT molecular complexity index is 407. The van der Waals surface area contributed by atoms with Crippen LogP contribution in [0.4, 0.5) is 5.69 Å². The first-order valence-electron chi connectivity index (χ1n) is 4.27. The van der Waals surface area contributed by atoms with Gasteiger partial charge in [-0.2, -0.15) is 10.2 Å². The molecule has 0 bridgehead atoms. The minimum absolute atomic E-state index is 0.723. The molecule has 0 radical (unpaired) electrons. The normalized spacial score (nSPS) is 10.1. The first-order valence-corrected chi connectivity index (χ1v) is 4.27. The molecule has 0 aromatic carbocycles. The van der Waals surface area contributed by atoms with E-state index >= 15 is 0 Å². The standard InChI is InChI=1S/C9H11N5/c1-13(2)8-3-4-10-9(7-8)14-11-5-6-12-14/h3-7H,1-2H3. The van der Waals surface area contributed by atoms with Gasteiger partial charge in [0.05, 0.1) is 12.4 Å². The Morgan fingerprint density at radius 1 is 1.14 bits per heavy atom. The number of pyridine rings is 1. The lowest BCUT2D eigenvalue weighted by molar-refractivity contribution is 0.729. The molecule has 5 heteroatoms. The number of hydrogen-bond donors (Lipinski definition) is 0. The Balaban J connectivity index is 2.41. The average molecular weight is 189 g/mol. The van der Waals surface area contributed by atoms with E-state index in [1.165, 1.54) is 4.80 Å². The van der Waals surface area contributed by atoms with Crippen LogP contribution in [0.3, 0.4) is 0 Å². The molecule has 0 saturated heterocycles. The summed E-state index contributed by atoms with van der Waals surface area (Å²) in [7, 11) is 3.96. The molecule has 2 aromatic rings. The molecule has 14 heavy (non-hydrogen) atoms. The van der Waals surface area contributed by atoms with Crippen LogP contribution in [0, 0.1) is 0 Å². The smallest absolute Gasteiger partial charge is 0.176 e. The van der Waals surface area contributed by atoms with Crippen molar-refractivity contribution in [3.8, 4) is 5.82 Å². The summed E-state index contributed by atoms with van der Waals surface area (Å²) in [6, 6.07) is 3.87. The SMILES string of the molecule is CN(C)c1ccnc(-n2nccn2)c1. The van der Waals surface area contributed by atoms with Gasteiger partial charge in [0.15, 0.2) is 5.82 Å². The fraction of sp³-hybridized carbons (Fsp3) is 0.222. The topological polar surface area (TPSA) is 46.8 Å². The van der Waals surface area contributed by atoms with Crippen LogP contribution in [0.25, 0.3) is 5.82 Å². The number of aromatic nitrogens is 4. The van der Waals surface area contributed by atoms with Gasteiger partial charge in [-0.1, -0.05) is 0 Å².